The average molecular weight is 471 g/mol. The van der Waals surface area contributed by atoms with E-state index in [1.807, 2.05) is 19.1 Å². The molecule has 1 saturated carbocycles. The summed E-state index contributed by atoms with van der Waals surface area (Å²) in [4.78, 5) is 28.8. The number of allylic oxidation sites excluding steroid dienone is 2. The van der Waals surface area contributed by atoms with E-state index in [4.69, 9.17) is 9.47 Å². The van der Waals surface area contributed by atoms with Gasteiger partial charge in [0.15, 0.2) is 0 Å². The second-order valence-electron chi connectivity index (χ2n) is 9.46. The number of benzene rings is 1. The van der Waals surface area contributed by atoms with E-state index >= 15 is 0 Å². The highest BCUT2D eigenvalue weighted by atomic mass is 19.1. The van der Waals surface area contributed by atoms with E-state index in [1.54, 1.807) is 12.1 Å². The standard InChI is InChI=1S/C27H35FN2O4/c1-19-8-5-6-13-24(19)26(27(32)29-21-10-3-2-4-11-21)30(22-12-7-9-20(28)16-22)25(31)18-34-23-14-15-33-17-23/h6-7,9,12-13,16,21,23,26H,2-5,8,10-11,14-15,17-18H2,1H3,(H,29,32)/t23-,26?/m0/s1. The Kier molecular flexibility index (Phi) is 8.51. The Hall–Kier alpha value is -2.51. The molecule has 7 heteroatoms. The third kappa shape index (κ3) is 6.13. The molecule has 2 aliphatic carbocycles. The number of amides is 2. The van der Waals surface area contributed by atoms with Gasteiger partial charge in [0.25, 0.3) is 5.91 Å². The molecular weight excluding hydrogens is 435 g/mol. The van der Waals surface area contributed by atoms with Gasteiger partial charge in [-0.25, -0.2) is 4.39 Å². The van der Waals surface area contributed by atoms with Gasteiger partial charge in [0.05, 0.1) is 12.7 Å². The number of ether oxygens (including phenoxy) is 2. The molecule has 1 unspecified atom stereocenters. The highest BCUT2D eigenvalue weighted by Crippen LogP contribution is 2.30. The summed E-state index contributed by atoms with van der Waals surface area (Å²) >= 11 is 0. The molecule has 1 aromatic rings. The summed E-state index contributed by atoms with van der Waals surface area (Å²) in [6.45, 7) is 2.86. The van der Waals surface area contributed by atoms with Gasteiger partial charge < -0.3 is 14.8 Å². The zero-order valence-electron chi connectivity index (χ0n) is 19.9. The molecule has 1 N–H and O–H groups in total. The van der Waals surface area contributed by atoms with Crippen molar-refractivity contribution in [1.29, 1.82) is 0 Å². The Bertz CT molecular complexity index is 932. The van der Waals surface area contributed by atoms with Crippen LogP contribution in [-0.2, 0) is 19.1 Å². The lowest BCUT2D eigenvalue weighted by Crippen LogP contribution is -2.54. The minimum Gasteiger partial charge on any atom is -0.379 e. The number of carbonyl (C=O) groups is 2. The Labute approximate surface area is 201 Å². The number of hydrogen-bond donors (Lipinski definition) is 1. The molecule has 1 saturated heterocycles. The van der Waals surface area contributed by atoms with Crippen molar-refractivity contribution in [3.8, 4) is 0 Å². The van der Waals surface area contributed by atoms with Crippen molar-refractivity contribution in [3.05, 3.63) is 53.4 Å². The maximum Gasteiger partial charge on any atom is 0.254 e. The summed E-state index contributed by atoms with van der Waals surface area (Å²) in [6.07, 6.45) is 11.5. The molecule has 6 nitrogen and oxygen atoms in total. The summed E-state index contributed by atoms with van der Waals surface area (Å²) in [5.41, 5.74) is 2.20. The molecule has 0 aromatic heterocycles. The van der Waals surface area contributed by atoms with Gasteiger partial charge in [0.2, 0.25) is 5.91 Å². The lowest BCUT2D eigenvalue weighted by molar-refractivity contribution is -0.129. The number of hydrogen-bond acceptors (Lipinski definition) is 4. The summed E-state index contributed by atoms with van der Waals surface area (Å²) in [5.74, 6) is -1.06. The lowest BCUT2D eigenvalue weighted by atomic mass is 9.90. The van der Waals surface area contributed by atoms with Crippen LogP contribution in [0.3, 0.4) is 0 Å². The van der Waals surface area contributed by atoms with Gasteiger partial charge in [0.1, 0.15) is 18.5 Å². The van der Waals surface area contributed by atoms with E-state index in [1.165, 1.54) is 23.5 Å². The van der Waals surface area contributed by atoms with Gasteiger partial charge in [-0.3, -0.25) is 14.5 Å². The Morgan fingerprint density at radius 3 is 2.76 bits per heavy atom. The van der Waals surface area contributed by atoms with Crippen LogP contribution >= 0.6 is 0 Å². The first-order valence-electron chi connectivity index (χ1n) is 12.5. The number of nitrogens with zero attached hydrogens (tertiary/aromatic N) is 1. The van der Waals surface area contributed by atoms with Crippen LogP contribution in [0.25, 0.3) is 0 Å². The Morgan fingerprint density at radius 1 is 1.24 bits per heavy atom. The molecule has 4 rings (SSSR count). The predicted molar refractivity (Wildman–Crippen MR) is 129 cm³/mol. The largest absolute Gasteiger partial charge is 0.379 e. The minimum atomic E-state index is -0.892. The molecule has 0 radical (unpaired) electrons. The van der Waals surface area contributed by atoms with Crippen molar-refractivity contribution < 1.29 is 23.5 Å². The fourth-order valence-electron chi connectivity index (χ4n) is 5.01. The van der Waals surface area contributed by atoms with Crippen LogP contribution in [0.2, 0.25) is 0 Å². The highest BCUT2D eigenvalue weighted by Gasteiger charge is 2.36. The molecule has 3 aliphatic rings. The van der Waals surface area contributed by atoms with Crippen LogP contribution in [0.5, 0.6) is 0 Å². The summed E-state index contributed by atoms with van der Waals surface area (Å²) in [6, 6.07) is 5.07. The molecule has 34 heavy (non-hydrogen) atoms. The van der Waals surface area contributed by atoms with Crippen molar-refractivity contribution in [2.75, 3.05) is 24.7 Å². The number of nitrogens with one attached hydrogen (secondary N) is 1. The quantitative estimate of drug-likeness (QED) is 0.610. The molecule has 2 atom stereocenters. The normalized spacial score (nSPS) is 22.0. The third-order valence-corrected chi connectivity index (χ3v) is 6.91. The van der Waals surface area contributed by atoms with Crippen LogP contribution in [0.15, 0.2) is 47.6 Å². The number of rotatable bonds is 8. The topological polar surface area (TPSA) is 67.9 Å². The predicted octanol–water partition coefficient (Wildman–Crippen LogP) is 4.45. The molecule has 1 heterocycles. The van der Waals surface area contributed by atoms with Gasteiger partial charge >= 0.3 is 0 Å². The first-order chi connectivity index (χ1) is 16.5. The smallest absolute Gasteiger partial charge is 0.254 e. The highest BCUT2D eigenvalue weighted by molar-refractivity contribution is 6.03. The second kappa shape index (κ2) is 11.8. The molecule has 1 aliphatic heterocycles. The van der Waals surface area contributed by atoms with E-state index in [0.29, 0.717) is 18.9 Å². The van der Waals surface area contributed by atoms with Crippen LogP contribution in [-0.4, -0.2) is 49.8 Å². The Balaban J connectivity index is 1.67. The number of carbonyl (C=O) groups excluding carboxylic acids is 2. The second-order valence-corrected chi connectivity index (χ2v) is 9.46. The van der Waals surface area contributed by atoms with E-state index in [0.717, 1.165) is 56.1 Å². The van der Waals surface area contributed by atoms with Crippen molar-refractivity contribution >= 4 is 17.5 Å². The zero-order valence-corrected chi connectivity index (χ0v) is 19.9. The average Bonchev–Trinajstić information content (AvgIpc) is 3.36. The van der Waals surface area contributed by atoms with E-state index in [9.17, 15) is 14.0 Å². The summed E-state index contributed by atoms with van der Waals surface area (Å²) < 4.78 is 25.4. The zero-order chi connectivity index (χ0) is 23.9. The molecular formula is C27H35FN2O4. The summed E-state index contributed by atoms with van der Waals surface area (Å²) in [7, 11) is 0. The van der Waals surface area contributed by atoms with Crippen molar-refractivity contribution in [2.45, 2.75) is 76.5 Å². The lowest BCUT2D eigenvalue weighted by Gasteiger charge is -2.35. The van der Waals surface area contributed by atoms with Gasteiger partial charge in [0, 0.05) is 18.3 Å². The van der Waals surface area contributed by atoms with E-state index in [2.05, 4.69) is 5.32 Å². The minimum absolute atomic E-state index is 0.0913. The van der Waals surface area contributed by atoms with Gasteiger partial charge in [-0.2, -0.15) is 0 Å². The van der Waals surface area contributed by atoms with Gasteiger partial charge in [-0.05, 0) is 62.8 Å². The van der Waals surface area contributed by atoms with Gasteiger partial charge in [-0.1, -0.05) is 43.1 Å². The van der Waals surface area contributed by atoms with Crippen LogP contribution in [0.4, 0.5) is 10.1 Å². The molecule has 1 aromatic carbocycles. The van der Waals surface area contributed by atoms with Crippen molar-refractivity contribution in [3.63, 3.8) is 0 Å². The summed E-state index contributed by atoms with van der Waals surface area (Å²) in [5, 5.41) is 3.20. The number of anilines is 1. The van der Waals surface area contributed by atoms with Crippen molar-refractivity contribution in [2.24, 2.45) is 0 Å². The van der Waals surface area contributed by atoms with E-state index < -0.39 is 11.9 Å². The molecule has 2 fully saturated rings. The molecule has 0 bridgehead atoms. The monoisotopic (exact) mass is 470 g/mol. The Morgan fingerprint density at radius 2 is 2.06 bits per heavy atom. The maximum absolute atomic E-state index is 14.3. The fraction of sp³-hybridized carbons (Fsp3) is 0.556. The molecule has 184 valence electrons. The fourth-order valence-corrected chi connectivity index (χ4v) is 5.01. The maximum atomic E-state index is 14.3. The van der Waals surface area contributed by atoms with E-state index in [-0.39, 0.29) is 30.6 Å². The first kappa shape index (κ1) is 24.6. The third-order valence-electron chi connectivity index (χ3n) is 6.91. The van der Waals surface area contributed by atoms with Crippen LogP contribution in [0.1, 0.15) is 58.3 Å². The molecule has 0 spiro atoms. The van der Waals surface area contributed by atoms with Crippen LogP contribution in [0, 0.1) is 5.82 Å². The van der Waals surface area contributed by atoms with Crippen molar-refractivity contribution in [1.82, 2.24) is 5.32 Å². The first-order valence-corrected chi connectivity index (χ1v) is 12.5. The SMILES string of the molecule is CC1=C(C(C(=O)NC2CCCCC2)N(C(=O)CO[C@H]2CCOC2)c2cccc(F)c2)C=CCC1. The number of halogens is 1. The molecule has 2 amide bonds. The van der Waals surface area contributed by atoms with Gasteiger partial charge in [-0.15, -0.1) is 0 Å². The van der Waals surface area contributed by atoms with Crippen LogP contribution < -0.4 is 10.2 Å².